The molecule has 0 fully saturated rings. The van der Waals surface area contributed by atoms with Crippen molar-refractivity contribution >= 4 is 29.0 Å². The standard InChI is InChI=1S/C12H11N3O3S/c16-11(17)9-3-1-2-4-10(9)15-12(18)14-6-8-5-13-7-19-8/h1-5,7H,6H2,(H,16,17)(H2,14,15,18). The number of benzene rings is 1. The maximum atomic E-state index is 11.7. The highest BCUT2D eigenvalue weighted by Gasteiger charge is 2.11. The Morgan fingerprint density at radius 3 is 2.79 bits per heavy atom. The Morgan fingerprint density at radius 2 is 2.11 bits per heavy atom. The number of hydrogen-bond donors (Lipinski definition) is 3. The number of nitrogens with one attached hydrogen (secondary N) is 2. The van der Waals surface area contributed by atoms with Crippen LogP contribution < -0.4 is 10.6 Å². The second kappa shape index (κ2) is 5.96. The summed E-state index contributed by atoms with van der Waals surface area (Å²) in [7, 11) is 0. The van der Waals surface area contributed by atoms with Gasteiger partial charge in [0.15, 0.2) is 0 Å². The molecule has 0 bridgehead atoms. The van der Waals surface area contributed by atoms with Crippen molar-refractivity contribution in [3.05, 3.63) is 46.4 Å². The van der Waals surface area contributed by atoms with Crippen LogP contribution in [-0.2, 0) is 6.54 Å². The van der Waals surface area contributed by atoms with Crippen LogP contribution in [0.5, 0.6) is 0 Å². The van der Waals surface area contributed by atoms with Crippen molar-refractivity contribution < 1.29 is 14.7 Å². The second-order valence-corrected chi connectivity index (χ2v) is 4.60. The van der Waals surface area contributed by atoms with Gasteiger partial charge >= 0.3 is 12.0 Å². The van der Waals surface area contributed by atoms with Gasteiger partial charge in [-0.1, -0.05) is 12.1 Å². The number of nitrogens with zero attached hydrogens (tertiary/aromatic N) is 1. The average molecular weight is 277 g/mol. The molecule has 0 unspecified atom stereocenters. The summed E-state index contributed by atoms with van der Waals surface area (Å²) in [5, 5.41) is 14.1. The Balaban J connectivity index is 1.97. The third-order valence-corrected chi connectivity index (χ3v) is 3.09. The lowest BCUT2D eigenvalue weighted by Gasteiger charge is -2.08. The van der Waals surface area contributed by atoms with Crippen LogP contribution in [0, 0.1) is 0 Å². The van der Waals surface area contributed by atoms with Crippen LogP contribution in [0.25, 0.3) is 0 Å². The number of para-hydroxylation sites is 1. The zero-order valence-electron chi connectivity index (χ0n) is 9.79. The maximum Gasteiger partial charge on any atom is 0.337 e. The predicted molar refractivity (Wildman–Crippen MR) is 71.4 cm³/mol. The van der Waals surface area contributed by atoms with E-state index in [0.29, 0.717) is 6.54 Å². The number of hydrogen-bond acceptors (Lipinski definition) is 4. The van der Waals surface area contributed by atoms with Crippen LogP contribution in [0.2, 0.25) is 0 Å². The molecule has 1 aromatic heterocycles. The lowest BCUT2D eigenvalue weighted by atomic mass is 10.2. The van der Waals surface area contributed by atoms with E-state index < -0.39 is 12.0 Å². The van der Waals surface area contributed by atoms with Crippen LogP contribution in [0.4, 0.5) is 10.5 Å². The number of amides is 2. The molecular formula is C12H11N3O3S. The maximum absolute atomic E-state index is 11.7. The summed E-state index contributed by atoms with van der Waals surface area (Å²) in [6.45, 7) is 0.353. The summed E-state index contributed by atoms with van der Waals surface area (Å²) in [6, 6.07) is 5.77. The molecule has 2 amide bonds. The normalized spacial score (nSPS) is 9.89. The van der Waals surface area contributed by atoms with Crippen molar-refractivity contribution in [2.24, 2.45) is 0 Å². The number of carbonyl (C=O) groups is 2. The minimum absolute atomic E-state index is 0.0513. The summed E-state index contributed by atoms with van der Waals surface area (Å²) in [5.41, 5.74) is 1.99. The number of thiazole rings is 1. The number of urea groups is 1. The van der Waals surface area contributed by atoms with Crippen LogP contribution >= 0.6 is 11.3 Å². The van der Waals surface area contributed by atoms with E-state index in [1.165, 1.54) is 23.5 Å². The molecule has 2 aromatic rings. The van der Waals surface area contributed by atoms with E-state index in [1.807, 2.05) is 0 Å². The molecule has 0 aliphatic rings. The van der Waals surface area contributed by atoms with Crippen molar-refractivity contribution in [2.75, 3.05) is 5.32 Å². The van der Waals surface area contributed by atoms with Crippen molar-refractivity contribution in [3.63, 3.8) is 0 Å². The Morgan fingerprint density at radius 1 is 1.32 bits per heavy atom. The van der Waals surface area contributed by atoms with Gasteiger partial charge in [-0.25, -0.2) is 9.59 Å². The van der Waals surface area contributed by atoms with Crippen LogP contribution in [0.1, 0.15) is 15.2 Å². The lowest BCUT2D eigenvalue weighted by molar-refractivity contribution is 0.0698. The first kappa shape index (κ1) is 13.0. The number of aromatic carboxylic acids is 1. The third-order valence-electron chi connectivity index (χ3n) is 2.31. The fraction of sp³-hybridized carbons (Fsp3) is 0.0833. The molecule has 19 heavy (non-hydrogen) atoms. The monoisotopic (exact) mass is 277 g/mol. The van der Waals surface area contributed by atoms with Gasteiger partial charge < -0.3 is 15.7 Å². The van der Waals surface area contributed by atoms with Gasteiger partial charge in [0.1, 0.15) is 0 Å². The SMILES string of the molecule is O=C(NCc1cncs1)Nc1ccccc1C(=O)O. The van der Waals surface area contributed by atoms with Gasteiger partial charge in [-0.05, 0) is 12.1 Å². The van der Waals surface area contributed by atoms with E-state index in [4.69, 9.17) is 5.11 Å². The van der Waals surface area contributed by atoms with Gasteiger partial charge in [-0.3, -0.25) is 4.98 Å². The van der Waals surface area contributed by atoms with Gasteiger partial charge in [0, 0.05) is 11.1 Å². The largest absolute Gasteiger partial charge is 0.478 e. The zero-order chi connectivity index (χ0) is 13.7. The van der Waals surface area contributed by atoms with Gasteiger partial charge in [0.2, 0.25) is 0 Å². The minimum atomic E-state index is -1.08. The summed E-state index contributed by atoms with van der Waals surface area (Å²) in [4.78, 5) is 27.4. The van der Waals surface area contributed by atoms with Crippen molar-refractivity contribution in [1.82, 2.24) is 10.3 Å². The topological polar surface area (TPSA) is 91.3 Å². The third kappa shape index (κ3) is 3.52. The second-order valence-electron chi connectivity index (χ2n) is 3.63. The van der Waals surface area contributed by atoms with E-state index in [1.54, 1.807) is 23.8 Å². The van der Waals surface area contributed by atoms with E-state index in [9.17, 15) is 9.59 Å². The Hall–Kier alpha value is -2.41. The van der Waals surface area contributed by atoms with E-state index in [2.05, 4.69) is 15.6 Å². The average Bonchev–Trinajstić information content (AvgIpc) is 2.90. The Bertz CT molecular complexity index is 584. The number of rotatable bonds is 4. The zero-order valence-corrected chi connectivity index (χ0v) is 10.6. The summed E-state index contributed by atoms with van der Waals surface area (Å²) in [5.74, 6) is -1.08. The van der Waals surface area contributed by atoms with Crippen LogP contribution in [0.15, 0.2) is 36.0 Å². The quantitative estimate of drug-likeness (QED) is 0.798. The number of carboxylic acid groups (broad SMARTS) is 1. The number of carboxylic acids is 1. The molecule has 0 saturated carbocycles. The molecule has 1 aromatic carbocycles. The molecule has 0 atom stereocenters. The summed E-state index contributed by atoms with van der Waals surface area (Å²) in [6.07, 6.45) is 1.66. The molecule has 2 rings (SSSR count). The Labute approximate surface area is 113 Å². The van der Waals surface area contributed by atoms with Crippen molar-refractivity contribution in [1.29, 1.82) is 0 Å². The van der Waals surface area contributed by atoms with Gasteiger partial charge in [-0.15, -0.1) is 11.3 Å². The first-order valence-corrected chi connectivity index (χ1v) is 6.29. The van der Waals surface area contributed by atoms with Crippen molar-refractivity contribution in [2.45, 2.75) is 6.54 Å². The van der Waals surface area contributed by atoms with E-state index >= 15 is 0 Å². The summed E-state index contributed by atoms with van der Waals surface area (Å²) >= 11 is 1.43. The van der Waals surface area contributed by atoms with E-state index in [-0.39, 0.29) is 11.3 Å². The fourth-order valence-electron chi connectivity index (χ4n) is 1.44. The minimum Gasteiger partial charge on any atom is -0.478 e. The summed E-state index contributed by atoms with van der Waals surface area (Å²) < 4.78 is 0. The highest BCUT2D eigenvalue weighted by atomic mass is 32.1. The molecule has 0 saturated heterocycles. The van der Waals surface area contributed by atoms with Crippen LogP contribution in [-0.4, -0.2) is 22.1 Å². The molecule has 3 N–H and O–H groups in total. The van der Waals surface area contributed by atoms with Crippen LogP contribution in [0.3, 0.4) is 0 Å². The molecule has 7 heteroatoms. The predicted octanol–water partition coefficient (Wildman–Crippen LogP) is 2.16. The number of aromatic nitrogens is 1. The highest BCUT2D eigenvalue weighted by molar-refractivity contribution is 7.09. The molecule has 0 radical (unpaired) electrons. The van der Waals surface area contributed by atoms with Gasteiger partial charge in [-0.2, -0.15) is 0 Å². The number of anilines is 1. The first-order chi connectivity index (χ1) is 9.16. The van der Waals surface area contributed by atoms with Gasteiger partial charge in [0.25, 0.3) is 0 Å². The smallest absolute Gasteiger partial charge is 0.337 e. The Kier molecular flexibility index (Phi) is 4.09. The molecule has 6 nitrogen and oxygen atoms in total. The first-order valence-electron chi connectivity index (χ1n) is 5.41. The highest BCUT2D eigenvalue weighted by Crippen LogP contribution is 2.14. The molecule has 1 heterocycles. The lowest BCUT2D eigenvalue weighted by Crippen LogP contribution is -2.28. The molecule has 0 aliphatic carbocycles. The number of carbonyl (C=O) groups excluding carboxylic acids is 1. The molecular weight excluding hydrogens is 266 g/mol. The molecule has 0 aliphatic heterocycles. The van der Waals surface area contributed by atoms with Gasteiger partial charge in [0.05, 0.1) is 23.3 Å². The molecule has 98 valence electrons. The van der Waals surface area contributed by atoms with E-state index in [0.717, 1.165) is 4.88 Å². The molecule has 0 spiro atoms. The fourth-order valence-corrected chi connectivity index (χ4v) is 1.98. The van der Waals surface area contributed by atoms with Crippen molar-refractivity contribution in [3.8, 4) is 0 Å².